The van der Waals surface area contributed by atoms with Crippen LogP contribution in [0.2, 0.25) is 0 Å². The highest BCUT2D eigenvalue weighted by Crippen LogP contribution is 2.29. The van der Waals surface area contributed by atoms with Gasteiger partial charge in [-0.25, -0.2) is 9.97 Å². The van der Waals surface area contributed by atoms with E-state index in [1.807, 2.05) is 0 Å². The highest BCUT2D eigenvalue weighted by molar-refractivity contribution is 7.18. The Balaban J connectivity index is 2.29. The monoisotopic (exact) mass is 293 g/mol. The van der Waals surface area contributed by atoms with Gasteiger partial charge in [0.25, 0.3) is 0 Å². The quantitative estimate of drug-likeness (QED) is 0.747. The predicted octanol–water partition coefficient (Wildman–Crippen LogP) is 4.00. The first kappa shape index (κ1) is 15.2. The molecule has 0 unspecified atom stereocenters. The van der Waals surface area contributed by atoms with Gasteiger partial charge in [0.05, 0.1) is 5.39 Å². The molecule has 4 nitrogen and oxygen atoms in total. The molecule has 1 N–H and O–H groups in total. The van der Waals surface area contributed by atoms with Crippen molar-refractivity contribution in [2.75, 3.05) is 18.5 Å². The minimum Gasteiger partial charge on any atom is -0.373 e. The minimum atomic E-state index is 0.490. The van der Waals surface area contributed by atoms with Crippen LogP contribution in [0, 0.1) is 0 Å². The number of nitrogens with zero attached hydrogens (tertiary/aromatic N) is 2. The first-order valence-electron chi connectivity index (χ1n) is 7.39. The Bertz CT molecular complexity index is 553. The van der Waals surface area contributed by atoms with Gasteiger partial charge in [0.2, 0.25) is 0 Å². The lowest BCUT2D eigenvalue weighted by Crippen LogP contribution is -2.06. The second-order valence-electron chi connectivity index (χ2n) is 4.75. The summed E-state index contributed by atoms with van der Waals surface area (Å²) in [7, 11) is 0. The minimum absolute atomic E-state index is 0.490. The van der Waals surface area contributed by atoms with Crippen molar-refractivity contribution in [2.45, 2.75) is 46.6 Å². The Labute approximate surface area is 124 Å². The van der Waals surface area contributed by atoms with Crippen molar-refractivity contribution in [3.63, 3.8) is 0 Å². The van der Waals surface area contributed by atoms with Crippen LogP contribution >= 0.6 is 11.3 Å². The number of aryl methyl sites for hydroxylation is 1. The zero-order chi connectivity index (χ0) is 14.4. The van der Waals surface area contributed by atoms with E-state index in [0.717, 1.165) is 54.3 Å². The highest BCUT2D eigenvalue weighted by Gasteiger charge is 2.11. The lowest BCUT2D eigenvalue weighted by atomic mass is 10.3. The van der Waals surface area contributed by atoms with E-state index in [9.17, 15) is 0 Å². The number of rotatable bonds is 8. The molecule has 2 aromatic heterocycles. The van der Waals surface area contributed by atoms with Gasteiger partial charge in [0.1, 0.15) is 17.3 Å². The van der Waals surface area contributed by atoms with Gasteiger partial charge in [-0.15, -0.1) is 11.3 Å². The number of nitrogens with one attached hydrogen (secondary N) is 1. The number of fused-ring (bicyclic) bond motifs is 1. The van der Waals surface area contributed by atoms with Gasteiger partial charge in [0.15, 0.2) is 5.82 Å². The Kier molecular flexibility index (Phi) is 5.73. The molecule has 0 aromatic carbocycles. The van der Waals surface area contributed by atoms with E-state index in [2.05, 4.69) is 42.1 Å². The van der Waals surface area contributed by atoms with Gasteiger partial charge in [0, 0.05) is 18.0 Å². The summed E-state index contributed by atoms with van der Waals surface area (Å²) in [6, 6.07) is 2.20. The van der Waals surface area contributed by atoms with E-state index >= 15 is 0 Å². The molecule has 0 saturated carbocycles. The molecule has 2 rings (SSSR count). The van der Waals surface area contributed by atoms with Crippen LogP contribution < -0.4 is 5.32 Å². The third-order valence-corrected chi connectivity index (χ3v) is 4.13. The maximum absolute atomic E-state index is 5.56. The normalized spacial score (nSPS) is 11.2. The fourth-order valence-electron chi connectivity index (χ4n) is 1.94. The number of hydrogen-bond acceptors (Lipinski definition) is 5. The summed E-state index contributed by atoms with van der Waals surface area (Å²) in [6.07, 6.45) is 3.13. The van der Waals surface area contributed by atoms with E-state index in [1.165, 1.54) is 4.88 Å². The van der Waals surface area contributed by atoms with E-state index in [1.54, 1.807) is 11.3 Å². The Morgan fingerprint density at radius 3 is 2.75 bits per heavy atom. The topological polar surface area (TPSA) is 47.0 Å². The summed E-state index contributed by atoms with van der Waals surface area (Å²) in [5.41, 5.74) is 0. The summed E-state index contributed by atoms with van der Waals surface area (Å²) < 4.78 is 5.56. The van der Waals surface area contributed by atoms with Crippen LogP contribution in [-0.2, 0) is 17.8 Å². The van der Waals surface area contributed by atoms with Crippen LogP contribution in [0.15, 0.2) is 6.07 Å². The molecule has 20 heavy (non-hydrogen) atoms. The summed E-state index contributed by atoms with van der Waals surface area (Å²) in [5.74, 6) is 1.72. The van der Waals surface area contributed by atoms with E-state index in [-0.39, 0.29) is 0 Å². The lowest BCUT2D eigenvalue weighted by Gasteiger charge is -2.08. The van der Waals surface area contributed by atoms with E-state index in [4.69, 9.17) is 4.74 Å². The maximum Gasteiger partial charge on any atom is 0.158 e. The van der Waals surface area contributed by atoms with Gasteiger partial charge in [-0.2, -0.15) is 0 Å². The van der Waals surface area contributed by atoms with Crippen LogP contribution in [-0.4, -0.2) is 23.1 Å². The van der Waals surface area contributed by atoms with Crippen molar-refractivity contribution in [3.05, 3.63) is 16.8 Å². The summed E-state index contributed by atoms with van der Waals surface area (Å²) in [4.78, 5) is 11.7. The lowest BCUT2D eigenvalue weighted by molar-refractivity contribution is 0.116. The molecule has 0 atom stereocenters. The maximum atomic E-state index is 5.56. The largest absolute Gasteiger partial charge is 0.373 e. The third kappa shape index (κ3) is 3.67. The van der Waals surface area contributed by atoms with Gasteiger partial charge in [-0.3, -0.25) is 0 Å². The molecule has 0 aliphatic heterocycles. The fraction of sp³-hybridized carbons (Fsp3) is 0.600. The molecule has 0 radical (unpaired) electrons. The molecule has 0 saturated heterocycles. The number of ether oxygens (including phenoxy) is 1. The van der Waals surface area contributed by atoms with Crippen molar-refractivity contribution >= 4 is 27.4 Å². The SMILES string of the molecule is CCCNc1nc(COCCC)nc2sc(CC)cc12. The van der Waals surface area contributed by atoms with Crippen molar-refractivity contribution < 1.29 is 4.74 Å². The fourth-order valence-corrected chi connectivity index (χ4v) is 2.93. The molecule has 0 amide bonds. The average molecular weight is 293 g/mol. The Morgan fingerprint density at radius 1 is 1.20 bits per heavy atom. The zero-order valence-corrected chi connectivity index (χ0v) is 13.3. The number of thiophene rings is 1. The highest BCUT2D eigenvalue weighted by atomic mass is 32.1. The molecule has 0 fully saturated rings. The van der Waals surface area contributed by atoms with Crippen molar-refractivity contribution in [3.8, 4) is 0 Å². The van der Waals surface area contributed by atoms with Crippen LogP contribution in [0.5, 0.6) is 0 Å². The van der Waals surface area contributed by atoms with Crippen LogP contribution in [0.25, 0.3) is 10.2 Å². The van der Waals surface area contributed by atoms with Crippen molar-refractivity contribution in [2.24, 2.45) is 0 Å². The molecule has 0 aliphatic rings. The van der Waals surface area contributed by atoms with Crippen LogP contribution in [0.4, 0.5) is 5.82 Å². The molecule has 2 aromatic rings. The van der Waals surface area contributed by atoms with E-state index < -0.39 is 0 Å². The summed E-state index contributed by atoms with van der Waals surface area (Å²) in [6.45, 7) is 8.60. The van der Waals surface area contributed by atoms with Gasteiger partial charge in [-0.05, 0) is 25.3 Å². The molecule has 0 aliphatic carbocycles. The Hall–Kier alpha value is -1.20. The zero-order valence-electron chi connectivity index (χ0n) is 12.5. The van der Waals surface area contributed by atoms with Gasteiger partial charge >= 0.3 is 0 Å². The van der Waals surface area contributed by atoms with Crippen molar-refractivity contribution in [1.29, 1.82) is 0 Å². The van der Waals surface area contributed by atoms with Crippen LogP contribution in [0.3, 0.4) is 0 Å². The molecule has 110 valence electrons. The third-order valence-electron chi connectivity index (χ3n) is 2.96. The standard InChI is InChI=1S/C15H23N3OS/c1-4-7-16-14-12-9-11(6-3)20-15(12)18-13(17-14)10-19-8-5-2/h9H,4-8,10H2,1-3H3,(H,16,17,18). The van der Waals surface area contributed by atoms with Crippen molar-refractivity contribution in [1.82, 2.24) is 9.97 Å². The first-order valence-corrected chi connectivity index (χ1v) is 8.21. The molecule has 0 bridgehead atoms. The second kappa shape index (κ2) is 7.55. The predicted molar refractivity (Wildman–Crippen MR) is 85.5 cm³/mol. The molecule has 5 heteroatoms. The number of aromatic nitrogens is 2. The molecular weight excluding hydrogens is 270 g/mol. The van der Waals surface area contributed by atoms with E-state index in [0.29, 0.717) is 6.61 Å². The summed E-state index contributed by atoms with van der Waals surface area (Å²) >= 11 is 1.75. The molecular formula is C15H23N3OS. The number of anilines is 1. The summed E-state index contributed by atoms with van der Waals surface area (Å²) in [5, 5.41) is 4.54. The number of hydrogen-bond donors (Lipinski definition) is 1. The smallest absolute Gasteiger partial charge is 0.158 e. The first-order chi connectivity index (χ1) is 9.78. The second-order valence-corrected chi connectivity index (χ2v) is 5.87. The van der Waals surface area contributed by atoms with Gasteiger partial charge < -0.3 is 10.1 Å². The molecule has 2 heterocycles. The molecule has 0 spiro atoms. The Morgan fingerprint density at radius 2 is 2.05 bits per heavy atom. The average Bonchev–Trinajstić information content (AvgIpc) is 2.88. The van der Waals surface area contributed by atoms with Crippen LogP contribution in [0.1, 0.15) is 44.3 Å². The van der Waals surface area contributed by atoms with Gasteiger partial charge in [-0.1, -0.05) is 20.8 Å².